The smallest absolute Gasteiger partial charge is 0.307 e. The topological polar surface area (TPSA) is 82.0 Å². The van der Waals surface area contributed by atoms with Gasteiger partial charge in [-0.1, -0.05) is 48.0 Å². The first kappa shape index (κ1) is 22.7. The number of aliphatic imine (C=N–C) groups is 1. The molecule has 4 rings (SSSR count). The first-order valence-electron chi connectivity index (χ1n) is 10.5. The molecule has 1 atom stereocenters. The predicted octanol–water partition coefficient (Wildman–Crippen LogP) is 4.89. The summed E-state index contributed by atoms with van der Waals surface area (Å²) in [7, 11) is 4.02. The highest BCUT2D eigenvalue weighted by Crippen LogP contribution is 2.37. The van der Waals surface area contributed by atoms with Crippen molar-refractivity contribution in [2.24, 2.45) is 4.99 Å². The lowest BCUT2D eigenvalue weighted by molar-refractivity contribution is -0.136. The van der Waals surface area contributed by atoms with Gasteiger partial charge in [-0.15, -0.1) is 0 Å². The fraction of sp³-hybridized carbons (Fsp3) is 0.192. The number of aliphatic carboxylic acids is 1. The number of hydrogen-bond donors (Lipinski definition) is 2. The molecule has 0 radical (unpaired) electrons. The van der Waals surface area contributed by atoms with Gasteiger partial charge >= 0.3 is 5.97 Å². The van der Waals surface area contributed by atoms with Crippen molar-refractivity contribution >= 4 is 40.6 Å². The lowest BCUT2D eigenvalue weighted by atomic mass is 9.89. The summed E-state index contributed by atoms with van der Waals surface area (Å²) in [5.41, 5.74) is 5.22. The van der Waals surface area contributed by atoms with E-state index in [9.17, 15) is 14.7 Å². The predicted molar refractivity (Wildman–Crippen MR) is 131 cm³/mol. The van der Waals surface area contributed by atoms with Gasteiger partial charge in [-0.2, -0.15) is 0 Å². The maximum absolute atomic E-state index is 13.1. The van der Waals surface area contributed by atoms with Crippen LogP contribution in [0, 0.1) is 0 Å². The molecule has 3 aromatic carbocycles. The number of carbonyl (C=O) groups excluding carboxylic acids is 1. The van der Waals surface area contributed by atoms with Crippen molar-refractivity contribution in [2.45, 2.75) is 18.9 Å². The molecule has 1 heterocycles. The van der Waals surface area contributed by atoms with E-state index in [1.165, 1.54) is 0 Å². The van der Waals surface area contributed by atoms with Crippen LogP contribution in [0.4, 0.5) is 11.4 Å². The molecular formula is C26H24ClN3O3. The zero-order valence-electron chi connectivity index (χ0n) is 18.4. The molecule has 1 amide bonds. The highest BCUT2D eigenvalue weighted by Gasteiger charge is 2.35. The van der Waals surface area contributed by atoms with E-state index < -0.39 is 11.9 Å². The third-order valence-electron chi connectivity index (χ3n) is 5.38. The summed E-state index contributed by atoms with van der Waals surface area (Å²) >= 11 is 6.12. The average Bonchev–Trinajstić information content (AvgIpc) is 3.07. The Labute approximate surface area is 197 Å². The Morgan fingerprint density at radius 2 is 1.82 bits per heavy atom. The summed E-state index contributed by atoms with van der Waals surface area (Å²) < 4.78 is 0. The number of nitrogens with one attached hydrogen (secondary N) is 1. The van der Waals surface area contributed by atoms with Crippen LogP contribution in [0.1, 0.15) is 28.2 Å². The fourth-order valence-electron chi connectivity index (χ4n) is 4.00. The zero-order valence-corrected chi connectivity index (χ0v) is 19.1. The molecule has 0 saturated carbocycles. The molecular weight excluding hydrogens is 438 g/mol. The molecule has 1 aliphatic rings. The standard InChI is InChI=1S/C26H24ClN3O3/c1-30(2)15-16-6-9-20(10-7-16)28-25(18-5-3-4-17(12-18)13-23(31)32)24-21-11-8-19(27)14-22(21)29-26(24)33/h3-12,14,24H,13,15H2,1-2H3,(H,29,33)(H,31,32). The normalized spacial score (nSPS) is 15.5. The van der Waals surface area contributed by atoms with E-state index in [-0.39, 0.29) is 12.3 Å². The molecule has 7 heteroatoms. The molecule has 2 N–H and O–H groups in total. The summed E-state index contributed by atoms with van der Waals surface area (Å²) in [6.45, 7) is 0.813. The van der Waals surface area contributed by atoms with E-state index >= 15 is 0 Å². The molecule has 168 valence electrons. The van der Waals surface area contributed by atoms with Gasteiger partial charge in [0.05, 0.1) is 17.8 Å². The first-order chi connectivity index (χ1) is 15.8. The van der Waals surface area contributed by atoms with Crippen molar-refractivity contribution in [1.29, 1.82) is 0 Å². The summed E-state index contributed by atoms with van der Waals surface area (Å²) in [4.78, 5) is 31.3. The van der Waals surface area contributed by atoms with Gasteiger partial charge in [-0.05, 0) is 66.7 Å². The van der Waals surface area contributed by atoms with Crippen LogP contribution < -0.4 is 5.32 Å². The van der Waals surface area contributed by atoms with E-state index in [2.05, 4.69) is 10.2 Å². The minimum Gasteiger partial charge on any atom is -0.481 e. The molecule has 0 aliphatic carbocycles. The monoisotopic (exact) mass is 461 g/mol. The highest BCUT2D eigenvalue weighted by atomic mass is 35.5. The molecule has 33 heavy (non-hydrogen) atoms. The number of carboxylic acid groups (broad SMARTS) is 1. The molecule has 1 aliphatic heterocycles. The van der Waals surface area contributed by atoms with E-state index in [4.69, 9.17) is 16.6 Å². The number of rotatable bonds is 7. The van der Waals surface area contributed by atoms with Gasteiger partial charge in [0.15, 0.2) is 0 Å². The van der Waals surface area contributed by atoms with E-state index in [1.54, 1.807) is 30.3 Å². The summed E-state index contributed by atoms with van der Waals surface area (Å²) in [6, 6.07) is 20.4. The van der Waals surface area contributed by atoms with Crippen molar-refractivity contribution in [3.63, 3.8) is 0 Å². The Hall–Kier alpha value is -3.48. The van der Waals surface area contributed by atoms with Crippen molar-refractivity contribution < 1.29 is 14.7 Å². The fourth-order valence-corrected chi connectivity index (χ4v) is 4.17. The van der Waals surface area contributed by atoms with Gasteiger partial charge in [0.1, 0.15) is 5.92 Å². The average molecular weight is 462 g/mol. The molecule has 0 aromatic heterocycles. The van der Waals surface area contributed by atoms with Crippen LogP contribution in [-0.4, -0.2) is 41.7 Å². The Bertz CT molecular complexity index is 1240. The van der Waals surface area contributed by atoms with Crippen molar-refractivity contribution in [3.8, 4) is 0 Å². The molecule has 0 fully saturated rings. The maximum atomic E-state index is 13.1. The largest absolute Gasteiger partial charge is 0.481 e. The van der Waals surface area contributed by atoms with Gasteiger partial charge in [-0.25, -0.2) is 0 Å². The maximum Gasteiger partial charge on any atom is 0.307 e. The minimum atomic E-state index is -0.916. The number of benzene rings is 3. The quantitative estimate of drug-likeness (QED) is 0.491. The van der Waals surface area contributed by atoms with Gasteiger partial charge in [0, 0.05) is 17.3 Å². The number of anilines is 1. The van der Waals surface area contributed by atoms with Crippen LogP contribution in [0.5, 0.6) is 0 Å². The van der Waals surface area contributed by atoms with E-state index in [0.717, 1.165) is 17.7 Å². The highest BCUT2D eigenvalue weighted by molar-refractivity contribution is 6.31. The van der Waals surface area contributed by atoms with Crippen LogP contribution in [0.2, 0.25) is 5.02 Å². The third kappa shape index (κ3) is 5.30. The molecule has 3 aromatic rings. The SMILES string of the molecule is CN(C)Cc1ccc(N=C(c2cccc(CC(=O)O)c2)C2C(=O)Nc3cc(Cl)ccc32)cc1. The number of amides is 1. The number of halogens is 1. The third-order valence-corrected chi connectivity index (χ3v) is 5.62. The second kappa shape index (κ2) is 9.57. The van der Waals surface area contributed by atoms with Crippen LogP contribution in [-0.2, 0) is 22.6 Å². The van der Waals surface area contributed by atoms with Gasteiger partial charge in [-0.3, -0.25) is 14.6 Å². The molecule has 6 nitrogen and oxygen atoms in total. The zero-order chi connectivity index (χ0) is 23.5. The number of nitrogens with zero attached hydrogens (tertiary/aromatic N) is 2. The molecule has 0 spiro atoms. The van der Waals surface area contributed by atoms with Gasteiger partial charge in [0.25, 0.3) is 0 Å². The lowest BCUT2D eigenvalue weighted by Gasteiger charge is -2.15. The van der Waals surface area contributed by atoms with Crippen molar-refractivity contribution in [2.75, 3.05) is 19.4 Å². The molecule has 0 bridgehead atoms. The number of carboxylic acids is 1. The van der Waals surface area contributed by atoms with Crippen LogP contribution in [0.25, 0.3) is 0 Å². The summed E-state index contributed by atoms with van der Waals surface area (Å²) in [5, 5.41) is 12.7. The summed E-state index contributed by atoms with van der Waals surface area (Å²) in [6.07, 6.45) is -0.108. The number of hydrogen-bond acceptors (Lipinski definition) is 4. The second-order valence-electron chi connectivity index (χ2n) is 8.33. The number of carbonyl (C=O) groups is 2. The minimum absolute atomic E-state index is 0.108. The van der Waals surface area contributed by atoms with Crippen molar-refractivity contribution in [1.82, 2.24) is 4.90 Å². The Kier molecular flexibility index (Phi) is 6.58. The Balaban J connectivity index is 1.81. The number of fused-ring (bicyclic) bond motifs is 1. The second-order valence-corrected chi connectivity index (χ2v) is 8.76. The van der Waals surface area contributed by atoms with E-state index in [1.807, 2.05) is 50.5 Å². The van der Waals surface area contributed by atoms with Crippen LogP contribution in [0.3, 0.4) is 0 Å². The summed E-state index contributed by atoms with van der Waals surface area (Å²) in [5.74, 6) is -1.75. The molecule has 0 saturated heterocycles. The van der Waals surface area contributed by atoms with Crippen LogP contribution in [0.15, 0.2) is 71.7 Å². The van der Waals surface area contributed by atoms with Gasteiger partial charge < -0.3 is 15.3 Å². The first-order valence-corrected chi connectivity index (χ1v) is 10.9. The van der Waals surface area contributed by atoms with E-state index in [0.29, 0.717) is 33.2 Å². The van der Waals surface area contributed by atoms with Gasteiger partial charge in [0.2, 0.25) is 5.91 Å². The van der Waals surface area contributed by atoms with Crippen molar-refractivity contribution in [3.05, 3.63) is 94.0 Å². The Morgan fingerprint density at radius 3 is 2.52 bits per heavy atom. The lowest BCUT2D eigenvalue weighted by Crippen LogP contribution is -2.22. The van der Waals surface area contributed by atoms with Crippen LogP contribution >= 0.6 is 11.6 Å². The molecule has 1 unspecified atom stereocenters. The Morgan fingerprint density at radius 1 is 1.06 bits per heavy atom.